The molecule has 1 N–H and O–H groups in total. The maximum atomic E-state index is 6.25. The van der Waals surface area contributed by atoms with Gasteiger partial charge < -0.3 is 14.8 Å². The molecule has 1 saturated carbocycles. The summed E-state index contributed by atoms with van der Waals surface area (Å²) < 4.78 is 12.0. The molecule has 0 aliphatic heterocycles. The molecule has 0 aromatic heterocycles. The van der Waals surface area contributed by atoms with Crippen molar-refractivity contribution >= 4 is 0 Å². The Morgan fingerprint density at radius 2 is 1.75 bits per heavy atom. The first kappa shape index (κ1) is 17.9. The van der Waals surface area contributed by atoms with Crippen LogP contribution in [0.3, 0.4) is 0 Å². The van der Waals surface area contributed by atoms with Crippen LogP contribution in [0.25, 0.3) is 0 Å². The van der Waals surface area contributed by atoms with E-state index in [4.69, 9.17) is 9.47 Å². The lowest BCUT2D eigenvalue weighted by molar-refractivity contribution is -0.111. The molecule has 1 aliphatic rings. The quantitative estimate of drug-likeness (QED) is 0.725. The molecule has 0 aromatic carbocycles. The lowest BCUT2D eigenvalue weighted by atomic mass is 9.74. The summed E-state index contributed by atoms with van der Waals surface area (Å²) in [5, 5.41) is 3.31. The van der Waals surface area contributed by atoms with Gasteiger partial charge in [0, 0.05) is 6.54 Å². The first-order valence-corrected chi connectivity index (χ1v) is 8.20. The van der Waals surface area contributed by atoms with E-state index in [1.165, 1.54) is 25.7 Å². The molecule has 120 valence electrons. The summed E-state index contributed by atoms with van der Waals surface area (Å²) >= 11 is 0. The van der Waals surface area contributed by atoms with Crippen LogP contribution in [0.2, 0.25) is 0 Å². The fraction of sp³-hybridized carbons (Fsp3) is 1.00. The summed E-state index contributed by atoms with van der Waals surface area (Å²) in [4.78, 5) is 0. The van der Waals surface area contributed by atoms with E-state index in [-0.39, 0.29) is 11.2 Å². The predicted molar refractivity (Wildman–Crippen MR) is 85.1 cm³/mol. The Morgan fingerprint density at radius 3 is 2.20 bits per heavy atom. The molecule has 0 amide bonds. The van der Waals surface area contributed by atoms with Gasteiger partial charge in [0.2, 0.25) is 0 Å². The van der Waals surface area contributed by atoms with Gasteiger partial charge in [-0.2, -0.15) is 0 Å². The van der Waals surface area contributed by atoms with Gasteiger partial charge in [-0.3, -0.25) is 0 Å². The van der Waals surface area contributed by atoms with Gasteiger partial charge in [-0.15, -0.1) is 0 Å². The molecule has 0 spiro atoms. The Morgan fingerprint density at radius 1 is 1.15 bits per heavy atom. The van der Waals surface area contributed by atoms with Gasteiger partial charge in [-0.1, -0.05) is 13.8 Å². The average molecular weight is 285 g/mol. The Labute approximate surface area is 125 Å². The minimum Gasteiger partial charge on any atom is -0.373 e. The van der Waals surface area contributed by atoms with E-state index in [0.717, 1.165) is 18.4 Å². The standard InChI is InChI=1S/C17H35NO2/c1-14(2)15-7-9-17(10-8-15,13-18-6)20-12-11-19-16(3,4)5/h14-15,18H,7-13H2,1-6H3. The van der Waals surface area contributed by atoms with Crippen LogP contribution in [0.4, 0.5) is 0 Å². The first-order chi connectivity index (χ1) is 9.28. The number of ether oxygens (including phenoxy) is 2. The largest absolute Gasteiger partial charge is 0.373 e. The second kappa shape index (κ2) is 7.77. The highest BCUT2D eigenvalue weighted by molar-refractivity contribution is 4.89. The van der Waals surface area contributed by atoms with E-state index >= 15 is 0 Å². The molecule has 0 aromatic rings. The summed E-state index contributed by atoms with van der Waals surface area (Å²) in [7, 11) is 2.02. The van der Waals surface area contributed by atoms with E-state index in [2.05, 4.69) is 39.9 Å². The normalized spacial score (nSPS) is 28.1. The molecule has 20 heavy (non-hydrogen) atoms. The van der Waals surface area contributed by atoms with Crippen molar-refractivity contribution in [3.05, 3.63) is 0 Å². The molecule has 0 bridgehead atoms. The molecule has 0 unspecified atom stereocenters. The Hall–Kier alpha value is -0.120. The van der Waals surface area contributed by atoms with Crippen LogP contribution >= 0.6 is 0 Å². The minimum absolute atomic E-state index is 0.0292. The van der Waals surface area contributed by atoms with Gasteiger partial charge in [0.1, 0.15) is 0 Å². The average Bonchev–Trinajstić information content (AvgIpc) is 2.35. The zero-order valence-corrected chi connectivity index (χ0v) is 14.4. The second-order valence-electron chi connectivity index (χ2n) is 7.60. The zero-order valence-electron chi connectivity index (χ0n) is 14.4. The smallest absolute Gasteiger partial charge is 0.0807 e. The van der Waals surface area contributed by atoms with Crippen molar-refractivity contribution in [2.24, 2.45) is 11.8 Å². The van der Waals surface area contributed by atoms with Crippen molar-refractivity contribution < 1.29 is 9.47 Å². The third-order valence-electron chi connectivity index (χ3n) is 4.41. The van der Waals surface area contributed by atoms with Crippen molar-refractivity contribution in [2.45, 2.75) is 71.5 Å². The van der Waals surface area contributed by atoms with E-state index in [9.17, 15) is 0 Å². The van der Waals surface area contributed by atoms with Crippen molar-refractivity contribution in [3.8, 4) is 0 Å². The SMILES string of the molecule is CNCC1(OCCOC(C)(C)C)CCC(C(C)C)CC1. The molecule has 3 heteroatoms. The number of rotatable bonds is 7. The summed E-state index contributed by atoms with van der Waals surface area (Å²) in [5.41, 5.74) is -0.0454. The molecule has 0 saturated heterocycles. The van der Waals surface area contributed by atoms with Crippen LogP contribution in [0.5, 0.6) is 0 Å². The van der Waals surface area contributed by atoms with Gasteiger partial charge in [0.15, 0.2) is 0 Å². The van der Waals surface area contributed by atoms with Crippen molar-refractivity contribution in [2.75, 3.05) is 26.8 Å². The summed E-state index contributed by atoms with van der Waals surface area (Å²) in [6.45, 7) is 13.3. The molecule has 1 rings (SSSR count). The highest BCUT2D eigenvalue weighted by Gasteiger charge is 2.36. The summed E-state index contributed by atoms with van der Waals surface area (Å²) in [6.07, 6.45) is 4.93. The monoisotopic (exact) mass is 285 g/mol. The zero-order chi connectivity index (χ0) is 15.2. The van der Waals surface area contributed by atoms with Gasteiger partial charge in [-0.05, 0) is 65.3 Å². The number of hydrogen-bond donors (Lipinski definition) is 1. The fourth-order valence-corrected chi connectivity index (χ4v) is 3.13. The maximum absolute atomic E-state index is 6.25. The maximum Gasteiger partial charge on any atom is 0.0807 e. The van der Waals surface area contributed by atoms with Crippen LogP contribution < -0.4 is 5.32 Å². The Balaban J connectivity index is 2.40. The van der Waals surface area contributed by atoms with E-state index < -0.39 is 0 Å². The topological polar surface area (TPSA) is 30.5 Å². The molecule has 3 nitrogen and oxygen atoms in total. The number of likely N-dealkylation sites (N-methyl/N-ethyl adjacent to an activating group) is 1. The lowest BCUT2D eigenvalue weighted by Gasteiger charge is -2.41. The summed E-state index contributed by atoms with van der Waals surface area (Å²) in [6, 6.07) is 0. The van der Waals surface area contributed by atoms with Crippen LogP contribution in [0.15, 0.2) is 0 Å². The van der Waals surface area contributed by atoms with Crippen LogP contribution in [-0.2, 0) is 9.47 Å². The number of nitrogens with one attached hydrogen (secondary N) is 1. The highest BCUT2D eigenvalue weighted by Crippen LogP contribution is 2.37. The van der Waals surface area contributed by atoms with Crippen LogP contribution in [-0.4, -0.2) is 38.0 Å². The molecule has 1 fully saturated rings. The first-order valence-electron chi connectivity index (χ1n) is 8.20. The van der Waals surface area contributed by atoms with E-state index in [1.54, 1.807) is 0 Å². The Bertz CT molecular complexity index is 263. The van der Waals surface area contributed by atoms with E-state index in [0.29, 0.717) is 13.2 Å². The molecule has 0 radical (unpaired) electrons. The molecular formula is C17H35NO2. The fourth-order valence-electron chi connectivity index (χ4n) is 3.13. The van der Waals surface area contributed by atoms with Gasteiger partial charge in [0.05, 0.1) is 24.4 Å². The lowest BCUT2D eigenvalue weighted by Crippen LogP contribution is -2.46. The van der Waals surface area contributed by atoms with Crippen molar-refractivity contribution in [3.63, 3.8) is 0 Å². The van der Waals surface area contributed by atoms with Crippen molar-refractivity contribution in [1.82, 2.24) is 5.32 Å². The summed E-state index contributed by atoms with van der Waals surface area (Å²) in [5.74, 6) is 1.67. The third-order valence-corrected chi connectivity index (χ3v) is 4.41. The Kier molecular flexibility index (Phi) is 6.96. The van der Waals surface area contributed by atoms with Crippen LogP contribution in [0.1, 0.15) is 60.3 Å². The van der Waals surface area contributed by atoms with Gasteiger partial charge in [0.25, 0.3) is 0 Å². The van der Waals surface area contributed by atoms with Gasteiger partial charge >= 0.3 is 0 Å². The predicted octanol–water partition coefficient (Wildman–Crippen LogP) is 3.62. The van der Waals surface area contributed by atoms with Crippen molar-refractivity contribution in [1.29, 1.82) is 0 Å². The van der Waals surface area contributed by atoms with Gasteiger partial charge in [-0.25, -0.2) is 0 Å². The second-order valence-corrected chi connectivity index (χ2v) is 7.60. The third kappa shape index (κ3) is 6.11. The minimum atomic E-state index is -0.0746. The molecular weight excluding hydrogens is 250 g/mol. The van der Waals surface area contributed by atoms with E-state index in [1.807, 2.05) is 7.05 Å². The molecule has 0 atom stereocenters. The molecule has 1 aliphatic carbocycles. The molecule has 0 heterocycles. The highest BCUT2D eigenvalue weighted by atomic mass is 16.5. The van der Waals surface area contributed by atoms with Crippen LogP contribution in [0, 0.1) is 11.8 Å². The number of hydrogen-bond acceptors (Lipinski definition) is 3.